The average Bonchev–Trinajstić information content (AvgIpc) is 2.89. The van der Waals surface area contributed by atoms with Gasteiger partial charge in [-0.25, -0.2) is 9.59 Å². The molecule has 3 aromatic rings. The zero-order valence-electron chi connectivity index (χ0n) is 19.6. The molecule has 3 aromatic carbocycles. The number of nitrogens with one attached hydrogen (secondary N) is 2. The Morgan fingerprint density at radius 1 is 0.750 bits per heavy atom. The molecule has 2 amide bonds. The molecule has 2 unspecified atom stereocenters. The van der Waals surface area contributed by atoms with Crippen molar-refractivity contribution in [3.05, 3.63) is 108 Å². The molecule has 8 nitrogen and oxygen atoms in total. The summed E-state index contributed by atoms with van der Waals surface area (Å²) in [6.07, 6.45) is -2.05. The molecule has 3 rings (SSSR count). The van der Waals surface area contributed by atoms with Gasteiger partial charge in [-0.2, -0.15) is 0 Å². The lowest BCUT2D eigenvalue weighted by atomic mass is 10.00. The third-order valence-electron chi connectivity index (χ3n) is 5.44. The van der Waals surface area contributed by atoms with E-state index in [0.29, 0.717) is 17.5 Å². The number of hydrogen-bond donors (Lipinski definition) is 3. The molecule has 0 spiro atoms. The number of carbonyl (C=O) groups is 4. The van der Waals surface area contributed by atoms with E-state index in [1.54, 1.807) is 60.7 Å². The average molecular weight is 489 g/mol. The van der Waals surface area contributed by atoms with E-state index in [1.165, 1.54) is 0 Å². The lowest BCUT2D eigenvalue weighted by Gasteiger charge is -2.19. The normalized spacial score (nSPS) is 12.1. The number of benzene rings is 3. The Labute approximate surface area is 209 Å². The van der Waals surface area contributed by atoms with Gasteiger partial charge in [0.05, 0.1) is 6.04 Å². The molecule has 0 aliphatic heterocycles. The smallest absolute Gasteiger partial charge is 0.408 e. The fourth-order valence-electron chi connectivity index (χ4n) is 3.57. The van der Waals surface area contributed by atoms with Crippen LogP contribution in [-0.2, 0) is 27.2 Å². The van der Waals surface area contributed by atoms with Crippen molar-refractivity contribution in [2.24, 2.45) is 0 Å². The van der Waals surface area contributed by atoms with Crippen molar-refractivity contribution in [2.45, 2.75) is 31.4 Å². The van der Waals surface area contributed by atoms with Crippen LogP contribution >= 0.6 is 0 Å². The second-order valence-corrected chi connectivity index (χ2v) is 8.15. The van der Waals surface area contributed by atoms with Gasteiger partial charge in [0.25, 0.3) is 5.91 Å². The van der Waals surface area contributed by atoms with Crippen LogP contribution in [0, 0.1) is 0 Å². The van der Waals surface area contributed by atoms with Gasteiger partial charge in [-0.3, -0.25) is 9.59 Å². The van der Waals surface area contributed by atoms with E-state index < -0.39 is 24.2 Å². The molecule has 0 aliphatic carbocycles. The highest BCUT2D eigenvalue weighted by Crippen LogP contribution is 2.09. The van der Waals surface area contributed by atoms with E-state index in [1.807, 2.05) is 30.3 Å². The van der Waals surface area contributed by atoms with Gasteiger partial charge in [0.2, 0.25) is 6.10 Å². The zero-order chi connectivity index (χ0) is 25.8. The van der Waals surface area contributed by atoms with E-state index in [2.05, 4.69) is 10.6 Å². The molecule has 0 heterocycles. The zero-order valence-corrected chi connectivity index (χ0v) is 19.6. The Morgan fingerprint density at radius 2 is 1.28 bits per heavy atom. The number of rotatable bonds is 12. The van der Waals surface area contributed by atoms with Crippen molar-refractivity contribution in [1.29, 1.82) is 0 Å². The van der Waals surface area contributed by atoms with Crippen molar-refractivity contribution in [3.8, 4) is 0 Å². The summed E-state index contributed by atoms with van der Waals surface area (Å²) in [6, 6.07) is 25.9. The Bertz CT molecular complexity index is 1150. The highest BCUT2D eigenvalue weighted by Gasteiger charge is 2.24. The number of carboxylic acids is 1. The van der Waals surface area contributed by atoms with Gasteiger partial charge in [0.1, 0.15) is 0 Å². The molecule has 2 atom stereocenters. The largest absolute Gasteiger partial charge is 0.478 e. The van der Waals surface area contributed by atoms with Crippen molar-refractivity contribution >= 4 is 23.8 Å². The van der Waals surface area contributed by atoms with E-state index in [9.17, 15) is 24.3 Å². The summed E-state index contributed by atoms with van der Waals surface area (Å²) in [7, 11) is 0. The van der Waals surface area contributed by atoms with Crippen LogP contribution in [-0.4, -0.2) is 47.6 Å². The minimum absolute atomic E-state index is 0.0210. The molecule has 0 bridgehead atoms. The monoisotopic (exact) mass is 488 g/mol. The molecule has 0 fully saturated rings. The summed E-state index contributed by atoms with van der Waals surface area (Å²) < 4.78 is 5.05. The lowest BCUT2D eigenvalue weighted by molar-refractivity contribution is -0.146. The summed E-state index contributed by atoms with van der Waals surface area (Å²) in [6.45, 7) is -0.0676. The number of aliphatic carboxylic acids is 1. The number of hydrogen-bond acceptors (Lipinski definition) is 5. The van der Waals surface area contributed by atoms with Gasteiger partial charge in [0, 0.05) is 24.9 Å². The van der Waals surface area contributed by atoms with E-state index in [4.69, 9.17) is 4.74 Å². The summed E-state index contributed by atoms with van der Waals surface area (Å²) in [4.78, 5) is 49.3. The van der Waals surface area contributed by atoms with Crippen LogP contribution in [0.2, 0.25) is 0 Å². The van der Waals surface area contributed by atoms with Crippen LogP contribution in [0.1, 0.15) is 27.9 Å². The maximum Gasteiger partial charge on any atom is 0.408 e. The molecule has 0 aliphatic rings. The van der Waals surface area contributed by atoms with Crippen LogP contribution in [0.15, 0.2) is 91.0 Å². The van der Waals surface area contributed by atoms with Crippen LogP contribution in [0.3, 0.4) is 0 Å². The molecule has 0 radical (unpaired) electrons. The van der Waals surface area contributed by atoms with Gasteiger partial charge in [-0.15, -0.1) is 0 Å². The molecule has 0 aromatic heterocycles. The summed E-state index contributed by atoms with van der Waals surface area (Å²) in [5.74, 6) is -1.92. The Hall–Kier alpha value is -4.46. The number of amides is 2. The number of carbonyl (C=O) groups excluding carboxylic acids is 3. The SMILES string of the molecule is O=C(NCCC(=O)C(Cc1ccccc1)NC(=O)c1ccccc1)OC(Cc1ccccc1)C(=O)O. The van der Waals surface area contributed by atoms with Crippen LogP contribution < -0.4 is 10.6 Å². The van der Waals surface area contributed by atoms with Gasteiger partial charge in [-0.1, -0.05) is 78.9 Å². The number of ketones is 1. The first kappa shape index (κ1) is 26.2. The fourth-order valence-corrected chi connectivity index (χ4v) is 3.57. The van der Waals surface area contributed by atoms with Crippen molar-refractivity contribution in [3.63, 3.8) is 0 Å². The van der Waals surface area contributed by atoms with Crippen molar-refractivity contribution in [1.82, 2.24) is 10.6 Å². The third kappa shape index (κ3) is 8.39. The minimum Gasteiger partial charge on any atom is -0.478 e. The van der Waals surface area contributed by atoms with Gasteiger partial charge in [0.15, 0.2) is 5.78 Å². The van der Waals surface area contributed by atoms with E-state index in [0.717, 1.165) is 5.56 Å². The van der Waals surface area contributed by atoms with Crippen molar-refractivity contribution < 1.29 is 29.0 Å². The Morgan fingerprint density at radius 3 is 1.83 bits per heavy atom. The summed E-state index contributed by atoms with van der Waals surface area (Å²) in [5.41, 5.74) is 2.02. The highest BCUT2D eigenvalue weighted by molar-refractivity contribution is 5.98. The molecule has 8 heteroatoms. The topological polar surface area (TPSA) is 122 Å². The number of ether oxygens (including phenoxy) is 1. The standard InChI is InChI=1S/C28H28N2O6/c31-24(16-17-29-28(35)36-25(27(33)34)19-21-12-6-2-7-13-21)23(18-20-10-4-1-5-11-20)30-26(32)22-14-8-3-9-15-22/h1-15,23,25H,16-19H2,(H,29,35)(H,30,32)(H,33,34). The van der Waals surface area contributed by atoms with E-state index >= 15 is 0 Å². The highest BCUT2D eigenvalue weighted by atomic mass is 16.6. The molecule has 186 valence electrons. The molecule has 0 saturated carbocycles. The fraction of sp³-hybridized carbons (Fsp3) is 0.214. The predicted molar refractivity (Wildman–Crippen MR) is 134 cm³/mol. The van der Waals surface area contributed by atoms with Crippen LogP contribution in [0.4, 0.5) is 4.79 Å². The maximum atomic E-state index is 13.0. The number of Topliss-reactive ketones (excluding diaryl/α,β-unsaturated/α-hetero) is 1. The van der Waals surface area contributed by atoms with Crippen molar-refractivity contribution in [2.75, 3.05) is 6.54 Å². The number of carboxylic acid groups (broad SMARTS) is 1. The maximum absolute atomic E-state index is 13.0. The van der Waals surface area contributed by atoms with Crippen LogP contribution in [0.5, 0.6) is 0 Å². The first-order chi connectivity index (χ1) is 17.4. The lowest BCUT2D eigenvalue weighted by Crippen LogP contribution is -2.43. The Kier molecular flexibility index (Phi) is 9.76. The summed E-state index contributed by atoms with van der Waals surface area (Å²) in [5, 5.41) is 14.6. The first-order valence-electron chi connectivity index (χ1n) is 11.6. The molecule has 0 saturated heterocycles. The minimum atomic E-state index is -1.36. The molecule has 36 heavy (non-hydrogen) atoms. The molecular formula is C28H28N2O6. The predicted octanol–water partition coefficient (Wildman–Crippen LogP) is 3.41. The summed E-state index contributed by atoms with van der Waals surface area (Å²) >= 11 is 0. The van der Waals surface area contributed by atoms with Gasteiger partial charge < -0.3 is 20.5 Å². The molecular weight excluding hydrogens is 460 g/mol. The quantitative estimate of drug-likeness (QED) is 0.359. The number of alkyl carbamates (subject to hydrolysis) is 1. The first-order valence-corrected chi connectivity index (χ1v) is 11.6. The second-order valence-electron chi connectivity index (χ2n) is 8.15. The van der Waals surface area contributed by atoms with Gasteiger partial charge in [-0.05, 0) is 29.7 Å². The third-order valence-corrected chi connectivity index (χ3v) is 5.44. The van der Waals surface area contributed by atoms with E-state index in [-0.39, 0.29) is 31.1 Å². The Balaban J connectivity index is 1.55. The molecule has 3 N–H and O–H groups in total. The van der Waals surface area contributed by atoms with Crippen LogP contribution in [0.25, 0.3) is 0 Å². The second kappa shape index (κ2) is 13.4. The van der Waals surface area contributed by atoms with Gasteiger partial charge >= 0.3 is 12.1 Å².